The summed E-state index contributed by atoms with van der Waals surface area (Å²) in [5.74, 6) is 0.474. The van der Waals surface area contributed by atoms with Crippen LogP contribution in [0.15, 0.2) is 66.7 Å². The molecule has 0 amide bonds. The predicted octanol–water partition coefficient (Wildman–Crippen LogP) is 6.23. The monoisotopic (exact) mass is 542 g/mol. The molecule has 0 heterocycles. The second-order valence-electron chi connectivity index (χ2n) is 10.2. The molecule has 0 radical (unpaired) electrons. The van der Waals surface area contributed by atoms with Crippen molar-refractivity contribution in [2.24, 2.45) is 5.41 Å². The van der Waals surface area contributed by atoms with Crippen molar-refractivity contribution in [2.75, 3.05) is 20.5 Å². The number of benzene rings is 2. The quantitative estimate of drug-likeness (QED) is 0.0975. The zero-order chi connectivity index (χ0) is 28.5. The van der Waals surface area contributed by atoms with E-state index in [1.54, 1.807) is 7.11 Å². The van der Waals surface area contributed by atoms with Crippen LogP contribution < -0.4 is 4.74 Å². The normalized spacial score (nSPS) is 14.2. The summed E-state index contributed by atoms with van der Waals surface area (Å²) in [5.41, 5.74) is 1.31. The van der Waals surface area contributed by atoms with Crippen LogP contribution in [0.3, 0.4) is 0 Å². The largest absolute Gasteiger partial charge is 0.497 e. The number of esters is 1. The lowest BCUT2D eigenvalue weighted by molar-refractivity contribution is -0.166. The van der Waals surface area contributed by atoms with Gasteiger partial charge >= 0.3 is 5.97 Å². The van der Waals surface area contributed by atoms with E-state index in [2.05, 4.69) is 0 Å². The molecule has 216 valence electrons. The number of hydrogen-bond donors (Lipinski definition) is 1. The molecule has 2 rings (SSSR count). The van der Waals surface area contributed by atoms with Crippen molar-refractivity contribution in [1.29, 1.82) is 0 Å². The Kier molecular flexibility index (Phi) is 14.8. The molecule has 0 fully saturated rings. The van der Waals surface area contributed by atoms with Crippen LogP contribution in [-0.4, -0.2) is 49.9 Å². The molecule has 0 saturated heterocycles. The molecule has 7 heteroatoms. The molecule has 2 aromatic carbocycles. The van der Waals surface area contributed by atoms with E-state index in [1.807, 2.05) is 94.4 Å². The van der Waals surface area contributed by atoms with E-state index < -0.39 is 11.5 Å². The summed E-state index contributed by atoms with van der Waals surface area (Å²) < 4.78 is 29.3. The van der Waals surface area contributed by atoms with Crippen molar-refractivity contribution in [3.63, 3.8) is 0 Å². The number of methoxy groups -OCH3 is 1. The van der Waals surface area contributed by atoms with E-state index in [0.29, 0.717) is 32.5 Å². The first-order chi connectivity index (χ1) is 18.8. The van der Waals surface area contributed by atoms with Gasteiger partial charge in [0.1, 0.15) is 18.6 Å². The molecular weight excluding hydrogens is 496 g/mol. The average molecular weight is 543 g/mol. The summed E-state index contributed by atoms with van der Waals surface area (Å²) in [7, 11) is 1.63. The SMILES string of the molecule is CC/C=C/C(C)(C)C(=O)O[C@@H](CCCO)C[C@@H](OCc1ccc(OC)cc1)[C@@H](C)OCOCc1ccccc1. The fraction of sp³-hybridized carbons (Fsp3) is 0.531. The van der Waals surface area contributed by atoms with Crippen LogP contribution in [-0.2, 0) is 37.0 Å². The second kappa shape index (κ2) is 17.8. The molecule has 39 heavy (non-hydrogen) atoms. The van der Waals surface area contributed by atoms with Gasteiger partial charge in [0, 0.05) is 13.0 Å². The van der Waals surface area contributed by atoms with Gasteiger partial charge in [-0.1, -0.05) is 61.5 Å². The highest BCUT2D eigenvalue weighted by Gasteiger charge is 2.31. The van der Waals surface area contributed by atoms with Crippen molar-refractivity contribution in [3.05, 3.63) is 77.9 Å². The number of rotatable bonds is 19. The van der Waals surface area contributed by atoms with Crippen LogP contribution in [0, 0.1) is 5.41 Å². The first-order valence-electron chi connectivity index (χ1n) is 13.8. The molecule has 0 aliphatic rings. The van der Waals surface area contributed by atoms with E-state index in [9.17, 15) is 9.90 Å². The van der Waals surface area contributed by atoms with Crippen LogP contribution in [0.5, 0.6) is 5.75 Å². The lowest BCUT2D eigenvalue weighted by Crippen LogP contribution is -2.37. The molecule has 0 spiro atoms. The third kappa shape index (κ3) is 12.3. The van der Waals surface area contributed by atoms with E-state index in [-0.39, 0.29) is 31.6 Å². The van der Waals surface area contributed by atoms with Gasteiger partial charge in [-0.25, -0.2) is 0 Å². The first kappa shape index (κ1) is 32.5. The fourth-order valence-electron chi connectivity index (χ4n) is 3.90. The van der Waals surface area contributed by atoms with Gasteiger partial charge < -0.3 is 28.8 Å². The van der Waals surface area contributed by atoms with Crippen LogP contribution in [0.25, 0.3) is 0 Å². The Hall–Kier alpha value is -2.71. The van der Waals surface area contributed by atoms with Crippen molar-refractivity contribution in [2.45, 2.75) is 84.9 Å². The smallest absolute Gasteiger partial charge is 0.315 e. The Morgan fingerprint density at radius 2 is 1.69 bits per heavy atom. The third-order valence-corrected chi connectivity index (χ3v) is 6.42. The van der Waals surface area contributed by atoms with Gasteiger partial charge in [-0.3, -0.25) is 4.79 Å². The van der Waals surface area contributed by atoms with Gasteiger partial charge in [0.15, 0.2) is 0 Å². The minimum absolute atomic E-state index is 0.0178. The van der Waals surface area contributed by atoms with E-state index >= 15 is 0 Å². The molecule has 2 aromatic rings. The molecule has 1 N–H and O–H groups in total. The second-order valence-corrected chi connectivity index (χ2v) is 10.2. The number of aliphatic hydroxyl groups excluding tert-OH is 1. The van der Waals surface area contributed by atoms with Gasteiger partial charge in [0.25, 0.3) is 0 Å². The van der Waals surface area contributed by atoms with Crippen molar-refractivity contribution < 1.29 is 33.6 Å². The summed E-state index contributed by atoms with van der Waals surface area (Å²) >= 11 is 0. The molecule has 7 nitrogen and oxygen atoms in total. The summed E-state index contributed by atoms with van der Waals surface area (Å²) in [6.07, 6.45) is 5.01. The minimum Gasteiger partial charge on any atom is -0.497 e. The first-order valence-corrected chi connectivity index (χ1v) is 13.8. The summed E-state index contributed by atoms with van der Waals surface area (Å²) in [4.78, 5) is 13.0. The number of allylic oxidation sites excluding steroid dienone is 1. The van der Waals surface area contributed by atoms with Crippen LogP contribution >= 0.6 is 0 Å². The summed E-state index contributed by atoms with van der Waals surface area (Å²) in [6.45, 7) is 8.58. The molecule has 0 unspecified atom stereocenters. The Labute approximate surface area is 234 Å². The number of carbonyl (C=O) groups is 1. The number of carbonyl (C=O) groups excluding carboxylic acids is 1. The Bertz CT molecular complexity index is 956. The van der Waals surface area contributed by atoms with Gasteiger partial charge in [-0.15, -0.1) is 0 Å². The van der Waals surface area contributed by atoms with E-state index in [4.69, 9.17) is 23.7 Å². The van der Waals surface area contributed by atoms with Gasteiger partial charge in [-0.05, 0) is 63.3 Å². The minimum atomic E-state index is -0.750. The average Bonchev–Trinajstić information content (AvgIpc) is 2.95. The van der Waals surface area contributed by atoms with Crippen LogP contribution in [0.1, 0.15) is 64.5 Å². The predicted molar refractivity (Wildman–Crippen MR) is 152 cm³/mol. The Morgan fingerprint density at radius 1 is 1.00 bits per heavy atom. The highest BCUT2D eigenvalue weighted by atomic mass is 16.7. The molecule has 0 saturated carbocycles. The molecule has 0 aromatic heterocycles. The lowest BCUT2D eigenvalue weighted by atomic mass is 9.92. The number of hydrogen-bond acceptors (Lipinski definition) is 7. The maximum absolute atomic E-state index is 13.0. The highest BCUT2D eigenvalue weighted by Crippen LogP contribution is 2.25. The molecule has 0 aliphatic carbocycles. The Balaban J connectivity index is 2.08. The highest BCUT2D eigenvalue weighted by molar-refractivity contribution is 5.78. The molecule has 0 bridgehead atoms. The van der Waals surface area contributed by atoms with Gasteiger partial charge in [0.2, 0.25) is 0 Å². The summed E-state index contributed by atoms with van der Waals surface area (Å²) in [5, 5.41) is 9.47. The maximum Gasteiger partial charge on any atom is 0.315 e. The summed E-state index contributed by atoms with van der Waals surface area (Å²) in [6, 6.07) is 17.6. The Morgan fingerprint density at radius 3 is 2.33 bits per heavy atom. The van der Waals surface area contributed by atoms with Gasteiger partial charge in [-0.2, -0.15) is 0 Å². The number of aliphatic hydroxyl groups is 1. The molecule has 3 atom stereocenters. The third-order valence-electron chi connectivity index (χ3n) is 6.42. The standard InChI is InChI=1S/C32H46O7/c1-6-7-19-32(3,4)31(34)39-29(14-11-20-33)21-30(37-23-27-15-17-28(35-5)18-16-27)25(2)38-24-36-22-26-12-9-8-10-13-26/h7-10,12-13,15-19,25,29-30,33H,6,11,14,20-24H2,1-5H3/b19-7+/t25-,29+,30-/m1/s1. The maximum atomic E-state index is 13.0. The van der Waals surface area contributed by atoms with Crippen LogP contribution in [0.4, 0.5) is 0 Å². The topological polar surface area (TPSA) is 83.5 Å². The lowest BCUT2D eigenvalue weighted by Gasteiger charge is -2.30. The molecular formula is C32H46O7. The van der Waals surface area contributed by atoms with E-state index in [0.717, 1.165) is 23.3 Å². The van der Waals surface area contributed by atoms with Crippen LogP contribution in [0.2, 0.25) is 0 Å². The fourth-order valence-corrected chi connectivity index (χ4v) is 3.90. The zero-order valence-electron chi connectivity index (χ0n) is 24.1. The zero-order valence-corrected chi connectivity index (χ0v) is 24.1. The van der Waals surface area contributed by atoms with Crippen molar-refractivity contribution in [3.8, 4) is 5.75 Å². The van der Waals surface area contributed by atoms with Crippen molar-refractivity contribution in [1.82, 2.24) is 0 Å². The van der Waals surface area contributed by atoms with E-state index in [1.165, 1.54) is 0 Å². The number of ether oxygens (including phenoxy) is 5. The van der Waals surface area contributed by atoms with Gasteiger partial charge in [0.05, 0.1) is 37.9 Å². The molecule has 0 aliphatic heterocycles. The van der Waals surface area contributed by atoms with Crippen molar-refractivity contribution >= 4 is 5.97 Å².